The van der Waals surface area contributed by atoms with Crippen molar-refractivity contribution in [3.05, 3.63) is 65.7 Å². The largest absolute Gasteiger partial charge is 0.450 e. The van der Waals surface area contributed by atoms with Crippen LogP contribution in [-0.2, 0) is 25.9 Å². The monoisotopic (exact) mass is 553 g/mol. The van der Waals surface area contributed by atoms with E-state index in [0.717, 1.165) is 51.0 Å². The fourth-order valence-electron chi connectivity index (χ4n) is 6.56. The zero-order chi connectivity index (χ0) is 27.6. The average molecular weight is 554 g/mol. The molecule has 1 spiro atoms. The smallest absolute Gasteiger partial charge is 0.409 e. The predicted molar refractivity (Wildman–Crippen MR) is 149 cm³/mol. The van der Waals surface area contributed by atoms with E-state index in [0.29, 0.717) is 37.1 Å². The van der Waals surface area contributed by atoms with E-state index < -0.39 is 9.84 Å². The molecule has 39 heavy (non-hydrogen) atoms. The molecular formula is C30H39N3O5S. The average Bonchev–Trinajstić information content (AvgIpc) is 3.48. The number of hydrogen-bond donors (Lipinski definition) is 0. The molecule has 8 nitrogen and oxygen atoms in total. The number of likely N-dealkylation sites (tertiary alicyclic amines) is 3. The lowest BCUT2D eigenvalue weighted by Gasteiger charge is -2.39. The van der Waals surface area contributed by atoms with Crippen LogP contribution in [0.1, 0.15) is 43.2 Å². The van der Waals surface area contributed by atoms with Crippen LogP contribution in [0.3, 0.4) is 0 Å². The lowest BCUT2D eigenvalue weighted by molar-refractivity contribution is -0.139. The van der Waals surface area contributed by atoms with Crippen molar-refractivity contribution in [3.8, 4) is 0 Å². The molecule has 9 heteroatoms. The summed E-state index contributed by atoms with van der Waals surface area (Å²) in [6.07, 6.45) is 3.53. The highest BCUT2D eigenvalue weighted by Crippen LogP contribution is 2.43. The summed E-state index contributed by atoms with van der Waals surface area (Å²) in [5, 5.41) is 0. The molecule has 2 amide bonds. The van der Waals surface area contributed by atoms with E-state index in [2.05, 4.69) is 29.2 Å². The Morgan fingerprint density at radius 3 is 2.28 bits per heavy atom. The van der Waals surface area contributed by atoms with Gasteiger partial charge >= 0.3 is 6.09 Å². The number of sulfone groups is 1. The van der Waals surface area contributed by atoms with Gasteiger partial charge in [0.2, 0.25) is 5.91 Å². The summed E-state index contributed by atoms with van der Waals surface area (Å²) >= 11 is 0. The summed E-state index contributed by atoms with van der Waals surface area (Å²) in [5.41, 5.74) is 1.91. The third-order valence-corrected chi connectivity index (χ3v) is 9.96. The fraction of sp³-hybridized carbons (Fsp3) is 0.533. The van der Waals surface area contributed by atoms with Gasteiger partial charge in [0.1, 0.15) is 0 Å². The van der Waals surface area contributed by atoms with Gasteiger partial charge in [-0.05, 0) is 68.5 Å². The number of carbonyl (C=O) groups is 2. The SMILES string of the molecule is CCOC(=O)N1CC(c2ccccc2)[C@@H](CN2CCC3(CC2)CCN(Cc2ccc(S(C)(=O)=O)cc2)C3=O)C1. The fourth-order valence-corrected chi connectivity index (χ4v) is 7.19. The van der Waals surface area contributed by atoms with E-state index in [1.807, 2.05) is 34.9 Å². The number of hydrogen-bond acceptors (Lipinski definition) is 6. The summed E-state index contributed by atoms with van der Waals surface area (Å²) in [6.45, 7) is 7.47. The molecule has 3 aliphatic heterocycles. The number of carbonyl (C=O) groups excluding carboxylic acids is 2. The predicted octanol–water partition coefficient (Wildman–Crippen LogP) is 3.78. The minimum atomic E-state index is -3.23. The summed E-state index contributed by atoms with van der Waals surface area (Å²) < 4.78 is 28.8. The molecule has 3 fully saturated rings. The van der Waals surface area contributed by atoms with Crippen LogP contribution < -0.4 is 0 Å². The molecule has 210 valence electrons. The first kappa shape index (κ1) is 27.6. The maximum Gasteiger partial charge on any atom is 0.409 e. The number of amides is 2. The molecule has 1 unspecified atom stereocenters. The number of ether oxygens (including phenoxy) is 1. The third-order valence-electron chi connectivity index (χ3n) is 8.83. The third kappa shape index (κ3) is 5.99. The van der Waals surface area contributed by atoms with Gasteiger partial charge in [-0.25, -0.2) is 13.2 Å². The molecule has 0 radical (unpaired) electrons. The van der Waals surface area contributed by atoms with Gasteiger partial charge in [-0.1, -0.05) is 42.5 Å². The van der Waals surface area contributed by atoms with E-state index in [-0.39, 0.29) is 23.3 Å². The normalized spacial score (nSPS) is 23.5. The second kappa shape index (κ2) is 11.3. The molecule has 0 bridgehead atoms. The Morgan fingerprint density at radius 2 is 1.64 bits per heavy atom. The Hall–Kier alpha value is -2.91. The molecule has 5 rings (SSSR count). The van der Waals surface area contributed by atoms with Crippen molar-refractivity contribution in [2.24, 2.45) is 11.3 Å². The molecular weight excluding hydrogens is 514 g/mol. The highest BCUT2D eigenvalue weighted by molar-refractivity contribution is 7.90. The quantitative estimate of drug-likeness (QED) is 0.519. The lowest BCUT2D eigenvalue weighted by Crippen LogP contribution is -2.46. The van der Waals surface area contributed by atoms with Crippen LogP contribution in [0.4, 0.5) is 4.79 Å². The minimum Gasteiger partial charge on any atom is -0.450 e. The molecule has 2 aromatic rings. The van der Waals surface area contributed by atoms with Gasteiger partial charge in [0.15, 0.2) is 9.84 Å². The van der Waals surface area contributed by atoms with Gasteiger partial charge in [0, 0.05) is 44.9 Å². The van der Waals surface area contributed by atoms with Gasteiger partial charge in [0.05, 0.1) is 16.9 Å². The van der Waals surface area contributed by atoms with Gasteiger partial charge in [-0.3, -0.25) is 4.79 Å². The molecule has 2 atom stereocenters. The van der Waals surface area contributed by atoms with Crippen LogP contribution >= 0.6 is 0 Å². The molecule has 0 saturated carbocycles. The zero-order valence-electron chi connectivity index (χ0n) is 22.9. The van der Waals surface area contributed by atoms with Crippen molar-refractivity contribution in [2.75, 3.05) is 52.1 Å². The van der Waals surface area contributed by atoms with E-state index >= 15 is 0 Å². The van der Waals surface area contributed by atoms with Crippen LogP contribution in [0.5, 0.6) is 0 Å². The molecule has 0 aromatic heterocycles. The number of piperidine rings is 1. The maximum atomic E-state index is 13.5. The highest BCUT2D eigenvalue weighted by atomic mass is 32.2. The molecule has 3 saturated heterocycles. The van der Waals surface area contributed by atoms with Crippen molar-refractivity contribution >= 4 is 21.8 Å². The van der Waals surface area contributed by atoms with Crippen molar-refractivity contribution in [3.63, 3.8) is 0 Å². The van der Waals surface area contributed by atoms with Crippen molar-refractivity contribution < 1.29 is 22.7 Å². The lowest BCUT2D eigenvalue weighted by atomic mass is 9.76. The summed E-state index contributed by atoms with van der Waals surface area (Å²) in [4.78, 5) is 32.6. The first-order chi connectivity index (χ1) is 18.7. The molecule has 3 heterocycles. The van der Waals surface area contributed by atoms with Crippen LogP contribution in [-0.4, -0.2) is 87.2 Å². The van der Waals surface area contributed by atoms with E-state index in [4.69, 9.17) is 4.74 Å². The van der Waals surface area contributed by atoms with E-state index in [1.54, 1.807) is 12.1 Å². The Kier molecular flexibility index (Phi) is 8.01. The molecule has 0 aliphatic carbocycles. The van der Waals surface area contributed by atoms with Gasteiger partial charge in [0.25, 0.3) is 0 Å². The van der Waals surface area contributed by atoms with E-state index in [1.165, 1.54) is 11.8 Å². The highest BCUT2D eigenvalue weighted by Gasteiger charge is 2.48. The second-order valence-corrected chi connectivity index (χ2v) is 13.4. The second-order valence-electron chi connectivity index (χ2n) is 11.4. The number of nitrogens with zero attached hydrogens (tertiary/aromatic N) is 3. The summed E-state index contributed by atoms with van der Waals surface area (Å²) in [5.74, 6) is 0.812. The Labute approximate surface area is 231 Å². The number of benzene rings is 2. The molecule has 0 N–H and O–H groups in total. The first-order valence-electron chi connectivity index (χ1n) is 14.0. The Bertz CT molecular complexity index is 1270. The van der Waals surface area contributed by atoms with Crippen LogP contribution in [0.2, 0.25) is 0 Å². The van der Waals surface area contributed by atoms with Crippen LogP contribution in [0.25, 0.3) is 0 Å². The maximum absolute atomic E-state index is 13.5. The first-order valence-corrected chi connectivity index (χ1v) is 15.8. The van der Waals surface area contributed by atoms with Gasteiger partial charge in [-0.2, -0.15) is 0 Å². The van der Waals surface area contributed by atoms with Crippen LogP contribution in [0, 0.1) is 11.3 Å². The standard InChI is InChI=1S/C30H39N3O5S/c1-3-38-29(35)33-21-25(27(22-33)24-7-5-4-6-8-24)20-31-16-13-30(14-17-31)15-18-32(28(30)34)19-23-9-11-26(12-10-23)39(2,36)37/h4-12,25,27H,3,13-22H2,1-2H3/t25-,27?/m0/s1. The van der Waals surface area contributed by atoms with Crippen molar-refractivity contribution in [1.29, 1.82) is 0 Å². The van der Waals surface area contributed by atoms with Crippen molar-refractivity contribution in [2.45, 2.75) is 43.5 Å². The summed E-state index contributed by atoms with van der Waals surface area (Å²) in [7, 11) is -3.23. The molecule has 3 aliphatic rings. The Morgan fingerprint density at radius 1 is 0.974 bits per heavy atom. The Balaban J connectivity index is 1.19. The topological polar surface area (TPSA) is 87.2 Å². The summed E-state index contributed by atoms with van der Waals surface area (Å²) in [6, 6.07) is 17.3. The van der Waals surface area contributed by atoms with E-state index in [9.17, 15) is 18.0 Å². The molecule has 2 aromatic carbocycles. The van der Waals surface area contributed by atoms with Crippen molar-refractivity contribution in [1.82, 2.24) is 14.7 Å². The zero-order valence-corrected chi connectivity index (χ0v) is 23.7. The van der Waals surface area contributed by atoms with Gasteiger partial charge in [-0.15, -0.1) is 0 Å². The number of rotatable bonds is 7. The van der Waals surface area contributed by atoms with Gasteiger partial charge < -0.3 is 19.4 Å². The van der Waals surface area contributed by atoms with Crippen LogP contribution in [0.15, 0.2) is 59.5 Å². The minimum absolute atomic E-state index is 0.228.